The second kappa shape index (κ2) is 5.62. The SMILES string of the molecule is COc1cccc2c1NCC21CCN(C(=O)OC(C)(C)C)CC1. The highest BCUT2D eigenvalue weighted by molar-refractivity contribution is 5.70. The quantitative estimate of drug-likeness (QED) is 0.862. The number of anilines is 1. The lowest BCUT2D eigenvalue weighted by molar-refractivity contribution is 0.0172. The molecule has 3 rings (SSSR count). The highest BCUT2D eigenvalue weighted by Gasteiger charge is 2.43. The van der Waals surface area contributed by atoms with E-state index in [9.17, 15) is 4.79 Å². The molecule has 0 saturated carbocycles. The fraction of sp³-hybridized carbons (Fsp3) is 0.611. The monoisotopic (exact) mass is 318 g/mol. The Bertz CT molecular complexity index is 599. The van der Waals surface area contributed by atoms with Gasteiger partial charge in [0.1, 0.15) is 11.4 Å². The minimum absolute atomic E-state index is 0.0996. The molecule has 0 aliphatic carbocycles. The summed E-state index contributed by atoms with van der Waals surface area (Å²) >= 11 is 0. The number of nitrogens with one attached hydrogen (secondary N) is 1. The van der Waals surface area contributed by atoms with Crippen LogP contribution < -0.4 is 10.1 Å². The van der Waals surface area contributed by atoms with E-state index in [0.717, 1.165) is 43.9 Å². The van der Waals surface area contributed by atoms with Crippen molar-refractivity contribution in [3.63, 3.8) is 0 Å². The van der Waals surface area contributed by atoms with Gasteiger partial charge in [0.2, 0.25) is 0 Å². The molecule has 1 saturated heterocycles. The molecule has 1 aromatic carbocycles. The Balaban J connectivity index is 1.72. The Morgan fingerprint density at radius 3 is 2.57 bits per heavy atom. The number of nitrogens with zero attached hydrogens (tertiary/aromatic N) is 1. The number of fused-ring (bicyclic) bond motifs is 2. The number of para-hydroxylation sites is 1. The third-order valence-electron chi connectivity index (χ3n) is 4.79. The number of methoxy groups -OCH3 is 1. The molecule has 5 heteroatoms. The van der Waals surface area contributed by atoms with Crippen molar-refractivity contribution in [1.29, 1.82) is 0 Å². The van der Waals surface area contributed by atoms with Crippen LogP contribution in [0.2, 0.25) is 0 Å². The van der Waals surface area contributed by atoms with Gasteiger partial charge in [0.25, 0.3) is 0 Å². The molecule has 0 unspecified atom stereocenters. The molecule has 5 nitrogen and oxygen atoms in total. The van der Waals surface area contributed by atoms with E-state index in [1.807, 2.05) is 37.8 Å². The Morgan fingerprint density at radius 1 is 1.26 bits per heavy atom. The summed E-state index contributed by atoms with van der Waals surface area (Å²) in [4.78, 5) is 14.1. The maximum Gasteiger partial charge on any atom is 0.410 e. The Morgan fingerprint density at radius 2 is 1.96 bits per heavy atom. The van der Waals surface area contributed by atoms with Gasteiger partial charge in [-0.2, -0.15) is 0 Å². The number of carbonyl (C=O) groups is 1. The van der Waals surface area contributed by atoms with Gasteiger partial charge in [0, 0.05) is 25.0 Å². The summed E-state index contributed by atoms with van der Waals surface area (Å²) in [7, 11) is 1.70. The molecule has 1 fully saturated rings. The molecule has 1 spiro atoms. The molecule has 2 aliphatic heterocycles. The van der Waals surface area contributed by atoms with E-state index >= 15 is 0 Å². The largest absolute Gasteiger partial charge is 0.495 e. The van der Waals surface area contributed by atoms with Gasteiger partial charge < -0.3 is 19.7 Å². The lowest BCUT2D eigenvalue weighted by atomic mass is 9.74. The number of hydrogen-bond donors (Lipinski definition) is 1. The number of rotatable bonds is 1. The molecule has 0 bridgehead atoms. The van der Waals surface area contributed by atoms with Crippen molar-refractivity contribution < 1.29 is 14.3 Å². The standard InChI is InChI=1S/C18H26N2O3/c1-17(2,3)23-16(21)20-10-8-18(9-11-20)12-19-15-13(18)6-5-7-14(15)22-4/h5-7,19H,8-12H2,1-4H3. The Labute approximate surface area is 137 Å². The molecular weight excluding hydrogens is 292 g/mol. The highest BCUT2D eigenvalue weighted by atomic mass is 16.6. The summed E-state index contributed by atoms with van der Waals surface area (Å²) in [6.45, 7) is 8.07. The van der Waals surface area contributed by atoms with E-state index in [0.29, 0.717) is 0 Å². The van der Waals surface area contributed by atoms with Crippen LogP contribution in [-0.4, -0.2) is 43.3 Å². The maximum absolute atomic E-state index is 12.2. The number of benzene rings is 1. The van der Waals surface area contributed by atoms with E-state index in [1.54, 1.807) is 7.11 Å². The summed E-state index contributed by atoms with van der Waals surface area (Å²) in [6, 6.07) is 6.22. The second-order valence-electron chi connectivity index (χ2n) is 7.48. The molecule has 0 atom stereocenters. The van der Waals surface area contributed by atoms with Crippen molar-refractivity contribution in [2.24, 2.45) is 0 Å². The zero-order valence-electron chi connectivity index (χ0n) is 14.4. The molecule has 0 aromatic heterocycles. The number of carbonyl (C=O) groups excluding carboxylic acids is 1. The van der Waals surface area contributed by atoms with Crippen LogP contribution in [0, 0.1) is 0 Å². The number of hydrogen-bond acceptors (Lipinski definition) is 4. The first-order valence-corrected chi connectivity index (χ1v) is 8.24. The van der Waals surface area contributed by atoms with Gasteiger partial charge in [-0.3, -0.25) is 0 Å². The zero-order chi connectivity index (χ0) is 16.7. The molecule has 1 amide bonds. The van der Waals surface area contributed by atoms with Crippen molar-refractivity contribution in [2.75, 3.05) is 32.1 Å². The van der Waals surface area contributed by atoms with E-state index in [2.05, 4.69) is 11.4 Å². The van der Waals surface area contributed by atoms with Crippen molar-refractivity contribution in [3.8, 4) is 5.75 Å². The van der Waals surface area contributed by atoms with Crippen molar-refractivity contribution >= 4 is 11.8 Å². The zero-order valence-corrected chi connectivity index (χ0v) is 14.4. The van der Waals surface area contributed by atoms with Crippen LogP contribution in [0.1, 0.15) is 39.2 Å². The molecular formula is C18H26N2O3. The third-order valence-corrected chi connectivity index (χ3v) is 4.79. The average Bonchev–Trinajstić information content (AvgIpc) is 2.85. The van der Waals surface area contributed by atoms with E-state index in [4.69, 9.17) is 9.47 Å². The van der Waals surface area contributed by atoms with Crippen LogP contribution in [0.3, 0.4) is 0 Å². The first kappa shape index (κ1) is 16.0. The maximum atomic E-state index is 12.2. The van der Waals surface area contributed by atoms with Gasteiger partial charge in [-0.15, -0.1) is 0 Å². The van der Waals surface area contributed by atoms with Gasteiger partial charge in [0.05, 0.1) is 12.8 Å². The minimum Gasteiger partial charge on any atom is -0.495 e. The molecule has 2 aliphatic rings. The van der Waals surface area contributed by atoms with Crippen LogP contribution >= 0.6 is 0 Å². The molecule has 126 valence electrons. The average molecular weight is 318 g/mol. The molecule has 2 heterocycles. The molecule has 1 aromatic rings. The number of likely N-dealkylation sites (tertiary alicyclic amines) is 1. The number of amides is 1. The highest BCUT2D eigenvalue weighted by Crippen LogP contribution is 2.47. The van der Waals surface area contributed by atoms with Gasteiger partial charge >= 0.3 is 6.09 Å². The number of piperidine rings is 1. The molecule has 0 radical (unpaired) electrons. The Hall–Kier alpha value is -1.91. The minimum atomic E-state index is -0.443. The smallest absolute Gasteiger partial charge is 0.410 e. The predicted octanol–water partition coefficient (Wildman–Crippen LogP) is 3.39. The van der Waals surface area contributed by atoms with Crippen molar-refractivity contribution in [3.05, 3.63) is 23.8 Å². The summed E-state index contributed by atoms with van der Waals surface area (Å²) in [6.07, 6.45) is 1.68. The molecule has 1 N–H and O–H groups in total. The van der Waals surface area contributed by atoms with Crippen molar-refractivity contribution in [1.82, 2.24) is 4.90 Å². The Kier molecular flexibility index (Phi) is 3.90. The number of ether oxygens (including phenoxy) is 2. The van der Waals surface area contributed by atoms with Crippen LogP contribution in [0.25, 0.3) is 0 Å². The van der Waals surface area contributed by atoms with E-state index < -0.39 is 5.60 Å². The fourth-order valence-corrected chi connectivity index (χ4v) is 3.57. The van der Waals surface area contributed by atoms with Gasteiger partial charge in [-0.25, -0.2) is 4.79 Å². The lowest BCUT2D eigenvalue weighted by Gasteiger charge is -2.39. The normalized spacial score (nSPS) is 19.2. The van der Waals surface area contributed by atoms with Crippen LogP contribution in [0.5, 0.6) is 5.75 Å². The first-order valence-electron chi connectivity index (χ1n) is 8.24. The van der Waals surface area contributed by atoms with Crippen molar-refractivity contribution in [2.45, 2.75) is 44.6 Å². The van der Waals surface area contributed by atoms with E-state index in [1.165, 1.54) is 5.56 Å². The van der Waals surface area contributed by atoms with Gasteiger partial charge in [0.15, 0.2) is 0 Å². The van der Waals surface area contributed by atoms with Gasteiger partial charge in [-0.05, 0) is 45.2 Å². The second-order valence-corrected chi connectivity index (χ2v) is 7.48. The predicted molar refractivity (Wildman–Crippen MR) is 90.2 cm³/mol. The fourth-order valence-electron chi connectivity index (χ4n) is 3.57. The summed E-state index contributed by atoms with van der Waals surface area (Å²) in [5.41, 5.74) is 2.09. The summed E-state index contributed by atoms with van der Waals surface area (Å²) in [5, 5.41) is 3.50. The van der Waals surface area contributed by atoms with E-state index in [-0.39, 0.29) is 11.5 Å². The lowest BCUT2D eigenvalue weighted by Crippen LogP contribution is -2.47. The topological polar surface area (TPSA) is 50.8 Å². The van der Waals surface area contributed by atoms with Crippen LogP contribution in [0.15, 0.2) is 18.2 Å². The third kappa shape index (κ3) is 2.96. The first-order chi connectivity index (χ1) is 10.8. The molecule has 23 heavy (non-hydrogen) atoms. The van der Waals surface area contributed by atoms with Crippen LogP contribution in [0.4, 0.5) is 10.5 Å². The van der Waals surface area contributed by atoms with Gasteiger partial charge in [-0.1, -0.05) is 12.1 Å². The summed E-state index contributed by atoms with van der Waals surface area (Å²) in [5.74, 6) is 0.897. The summed E-state index contributed by atoms with van der Waals surface area (Å²) < 4.78 is 10.9. The van der Waals surface area contributed by atoms with Crippen LogP contribution in [-0.2, 0) is 10.2 Å².